The number of nitriles is 1. The first kappa shape index (κ1) is 15.5. The Morgan fingerprint density at radius 3 is 2.76 bits per heavy atom. The molecule has 0 aliphatic rings. The van der Waals surface area contributed by atoms with Crippen LogP contribution in [0, 0.1) is 17.1 Å². The van der Waals surface area contributed by atoms with Gasteiger partial charge in [0.25, 0.3) is 0 Å². The lowest BCUT2D eigenvalue weighted by Crippen LogP contribution is -2.01. The van der Waals surface area contributed by atoms with Gasteiger partial charge in [0.05, 0.1) is 11.7 Å². The number of halogens is 2. The van der Waals surface area contributed by atoms with Gasteiger partial charge >= 0.3 is 0 Å². The fraction of sp³-hybridized carbons (Fsp3) is 0.188. The first-order chi connectivity index (χ1) is 10.0. The molecule has 0 spiro atoms. The van der Waals surface area contributed by atoms with Crippen LogP contribution < -0.4 is 4.74 Å². The lowest BCUT2D eigenvalue weighted by molar-refractivity contribution is 0.190. The van der Waals surface area contributed by atoms with E-state index in [9.17, 15) is 9.50 Å². The Bertz CT molecular complexity index is 695. The highest BCUT2D eigenvalue weighted by Crippen LogP contribution is 2.29. The Morgan fingerprint density at radius 1 is 1.33 bits per heavy atom. The molecule has 108 valence electrons. The van der Waals surface area contributed by atoms with Crippen molar-refractivity contribution in [2.45, 2.75) is 19.6 Å². The second-order valence-corrected chi connectivity index (χ2v) is 5.49. The smallest absolute Gasteiger partial charge is 0.140 e. The number of hydrogen-bond donors (Lipinski definition) is 1. The van der Waals surface area contributed by atoms with Crippen LogP contribution in [0.1, 0.15) is 29.7 Å². The van der Waals surface area contributed by atoms with Gasteiger partial charge in [-0.25, -0.2) is 4.39 Å². The molecule has 0 saturated heterocycles. The molecule has 0 saturated carbocycles. The predicted octanol–water partition coefficient (Wildman–Crippen LogP) is 4.09. The summed E-state index contributed by atoms with van der Waals surface area (Å²) in [5, 5.41) is 18.6. The molecule has 0 bridgehead atoms. The van der Waals surface area contributed by atoms with Gasteiger partial charge < -0.3 is 9.84 Å². The Hall–Kier alpha value is -1.90. The Labute approximate surface area is 130 Å². The fourth-order valence-corrected chi connectivity index (χ4v) is 2.27. The summed E-state index contributed by atoms with van der Waals surface area (Å²) in [6.45, 7) is 1.84. The third-order valence-corrected chi connectivity index (χ3v) is 3.46. The van der Waals surface area contributed by atoms with Gasteiger partial charge in [-0.15, -0.1) is 0 Å². The Kier molecular flexibility index (Phi) is 4.94. The van der Waals surface area contributed by atoms with Crippen molar-refractivity contribution in [1.29, 1.82) is 5.26 Å². The van der Waals surface area contributed by atoms with Gasteiger partial charge in [-0.3, -0.25) is 0 Å². The molecule has 1 atom stereocenters. The second-order valence-electron chi connectivity index (χ2n) is 4.57. The summed E-state index contributed by atoms with van der Waals surface area (Å²) in [4.78, 5) is 0. The van der Waals surface area contributed by atoms with Crippen LogP contribution in [0.15, 0.2) is 40.9 Å². The van der Waals surface area contributed by atoms with E-state index in [1.165, 1.54) is 12.1 Å². The monoisotopic (exact) mass is 349 g/mol. The zero-order valence-electron chi connectivity index (χ0n) is 11.3. The third-order valence-electron chi connectivity index (χ3n) is 2.97. The number of nitrogens with zero attached hydrogens (tertiary/aromatic N) is 1. The largest absolute Gasteiger partial charge is 0.489 e. The summed E-state index contributed by atoms with van der Waals surface area (Å²) in [7, 11) is 0. The van der Waals surface area contributed by atoms with Crippen molar-refractivity contribution >= 4 is 15.9 Å². The van der Waals surface area contributed by atoms with Crippen molar-refractivity contribution in [3.05, 3.63) is 63.4 Å². The number of aliphatic hydroxyl groups excluding tert-OH is 1. The van der Waals surface area contributed by atoms with Gasteiger partial charge in [0.1, 0.15) is 24.2 Å². The van der Waals surface area contributed by atoms with Crippen LogP contribution in [-0.2, 0) is 6.61 Å². The van der Waals surface area contributed by atoms with E-state index in [0.29, 0.717) is 16.9 Å². The number of aliphatic hydroxyl groups is 1. The molecule has 0 radical (unpaired) electrons. The lowest BCUT2D eigenvalue weighted by atomic mass is 10.1. The van der Waals surface area contributed by atoms with E-state index in [2.05, 4.69) is 15.9 Å². The molecule has 2 rings (SSSR count). The molecule has 1 N–H and O–H groups in total. The van der Waals surface area contributed by atoms with Crippen molar-refractivity contribution < 1.29 is 14.2 Å². The molecule has 3 nitrogen and oxygen atoms in total. The van der Waals surface area contributed by atoms with Gasteiger partial charge in [-0.05, 0) is 42.8 Å². The van der Waals surface area contributed by atoms with Crippen molar-refractivity contribution in [1.82, 2.24) is 0 Å². The number of rotatable bonds is 4. The molecule has 0 aromatic heterocycles. The predicted molar refractivity (Wildman–Crippen MR) is 80.2 cm³/mol. The highest BCUT2D eigenvalue weighted by Gasteiger charge is 2.10. The first-order valence-corrected chi connectivity index (χ1v) is 7.09. The molecule has 0 aliphatic heterocycles. The summed E-state index contributed by atoms with van der Waals surface area (Å²) in [5.41, 5.74) is 1.34. The zero-order valence-corrected chi connectivity index (χ0v) is 12.9. The summed E-state index contributed by atoms with van der Waals surface area (Å²) in [6, 6.07) is 11.4. The van der Waals surface area contributed by atoms with Gasteiger partial charge in [0, 0.05) is 10.0 Å². The van der Waals surface area contributed by atoms with Crippen LogP contribution in [0.25, 0.3) is 0 Å². The molecule has 0 amide bonds. The SMILES string of the molecule is C[C@H](O)c1cc(Br)ccc1OCc1ccc(F)c(C#N)c1. The molecule has 5 heteroatoms. The summed E-state index contributed by atoms with van der Waals surface area (Å²) < 4.78 is 19.8. The van der Waals surface area contributed by atoms with Crippen LogP contribution in [0.5, 0.6) is 5.75 Å². The highest BCUT2D eigenvalue weighted by molar-refractivity contribution is 9.10. The first-order valence-electron chi connectivity index (χ1n) is 6.30. The average Bonchev–Trinajstić information content (AvgIpc) is 2.47. The minimum atomic E-state index is -0.666. The molecule has 21 heavy (non-hydrogen) atoms. The molecule has 2 aromatic rings. The molecular weight excluding hydrogens is 337 g/mol. The van der Waals surface area contributed by atoms with E-state index in [0.717, 1.165) is 4.47 Å². The minimum Gasteiger partial charge on any atom is -0.489 e. The topological polar surface area (TPSA) is 53.2 Å². The maximum atomic E-state index is 13.2. The lowest BCUT2D eigenvalue weighted by Gasteiger charge is -2.14. The van der Waals surface area contributed by atoms with Crippen LogP contribution in [0.3, 0.4) is 0 Å². The van der Waals surface area contributed by atoms with Crippen LogP contribution >= 0.6 is 15.9 Å². The van der Waals surface area contributed by atoms with E-state index >= 15 is 0 Å². The standard InChI is InChI=1S/C16H13BrFNO2/c1-10(20)14-7-13(17)3-5-16(14)21-9-11-2-4-15(18)12(6-11)8-19/h2-7,10,20H,9H2,1H3/t10-/m0/s1. The maximum Gasteiger partial charge on any atom is 0.140 e. The number of ether oxygens (including phenoxy) is 1. The molecule has 2 aromatic carbocycles. The van der Waals surface area contributed by atoms with E-state index in [4.69, 9.17) is 10.00 Å². The van der Waals surface area contributed by atoms with Crippen LogP contribution in [-0.4, -0.2) is 5.11 Å². The molecule has 0 fully saturated rings. The van der Waals surface area contributed by atoms with Gasteiger partial charge in [-0.1, -0.05) is 22.0 Å². The summed E-state index contributed by atoms with van der Waals surface area (Å²) in [6.07, 6.45) is -0.666. The van der Waals surface area contributed by atoms with Crippen LogP contribution in [0.2, 0.25) is 0 Å². The van der Waals surface area contributed by atoms with E-state index < -0.39 is 11.9 Å². The maximum absolute atomic E-state index is 13.2. The molecule has 0 unspecified atom stereocenters. The second kappa shape index (κ2) is 6.70. The fourth-order valence-electron chi connectivity index (χ4n) is 1.89. The van der Waals surface area contributed by atoms with Gasteiger partial charge in [-0.2, -0.15) is 5.26 Å². The van der Waals surface area contributed by atoms with Crippen molar-refractivity contribution in [3.8, 4) is 11.8 Å². The van der Waals surface area contributed by atoms with E-state index in [1.54, 1.807) is 31.2 Å². The highest BCUT2D eigenvalue weighted by atomic mass is 79.9. The molecule has 0 heterocycles. The van der Waals surface area contributed by atoms with Crippen molar-refractivity contribution in [3.63, 3.8) is 0 Å². The van der Waals surface area contributed by atoms with E-state index in [1.807, 2.05) is 6.07 Å². The average molecular weight is 350 g/mol. The quantitative estimate of drug-likeness (QED) is 0.904. The Balaban J connectivity index is 2.19. The Morgan fingerprint density at radius 2 is 2.10 bits per heavy atom. The van der Waals surface area contributed by atoms with Gasteiger partial charge in [0.2, 0.25) is 0 Å². The number of benzene rings is 2. The molecule has 0 aliphatic carbocycles. The van der Waals surface area contributed by atoms with Crippen molar-refractivity contribution in [2.24, 2.45) is 0 Å². The summed E-state index contributed by atoms with van der Waals surface area (Å²) >= 11 is 3.34. The minimum absolute atomic E-state index is 0.0114. The molecular formula is C16H13BrFNO2. The van der Waals surface area contributed by atoms with Crippen LogP contribution in [0.4, 0.5) is 4.39 Å². The van der Waals surface area contributed by atoms with Crippen molar-refractivity contribution in [2.75, 3.05) is 0 Å². The number of hydrogen-bond acceptors (Lipinski definition) is 3. The third kappa shape index (κ3) is 3.81. The normalized spacial score (nSPS) is 11.8. The van der Waals surface area contributed by atoms with E-state index in [-0.39, 0.29) is 12.2 Å². The summed E-state index contributed by atoms with van der Waals surface area (Å²) in [5.74, 6) is 0.00518. The van der Waals surface area contributed by atoms with Gasteiger partial charge in [0.15, 0.2) is 0 Å². The zero-order chi connectivity index (χ0) is 15.4.